The van der Waals surface area contributed by atoms with Gasteiger partial charge in [-0.2, -0.15) is 0 Å². The van der Waals surface area contributed by atoms with Crippen LogP contribution in [0.15, 0.2) is 12.3 Å². The Morgan fingerprint density at radius 3 is 2.93 bits per heavy atom. The first kappa shape index (κ1) is 10.8. The van der Waals surface area contributed by atoms with Gasteiger partial charge in [0.2, 0.25) is 11.8 Å². The molecule has 1 rings (SSSR count). The molecule has 1 aromatic heterocycles. The van der Waals surface area contributed by atoms with E-state index in [1.807, 2.05) is 0 Å². The molecule has 5 heteroatoms. The van der Waals surface area contributed by atoms with Crippen LogP contribution in [-0.4, -0.2) is 18.0 Å². The Morgan fingerprint density at radius 2 is 2.43 bits per heavy atom. The number of ether oxygens (including phenoxy) is 1. The molecule has 0 spiro atoms. The number of nitrogens with zero attached hydrogens (tertiary/aromatic N) is 1. The maximum absolute atomic E-state index is 10.5. The van der Waals surface area contributed by atoms with Gasteiger partial charge >= 0.3 is 0 Å². The van der Waals surface area contributed by atoms with Crippen LogP contribution in [0, 0.1) is 0 Å². The summed E-state index contributed by atoms with van der Waals surface area (Å²) in [5.41, 5.74) is 5.89. The number of halogens is 1. The molecule has 0 aliphatic rings. The third-order valence-corrected chi connectivity index (χ3v) is 1.99. The second kappa shape index (κ2) is 4.81. The van der Waals surface area contributed by atoms with Gasteiger partial charge < -0.3 is 10.5 Å². The summed E-state index contributed by atoms with van der Waals surface area (Å²) >= 11 is 5.84. The number of rotatable bonds is 4. The summed E-state index contributed by atoms with van der Waals surface area (Å²) in [5, 5.41) is 0.439. The van der Waals surface area contributed by atoms with Gasteiger partial charge in [-0.3, -0.25) is 4.79 Å². The maximum Gasteiger partial charge on any atom is 0.232 e. The van der Waals surface area contributed by atoms with Crippen LogP contribution in [0.25, 0.3) is 0 Å². The van der Waals surface area contributed by atoms with Gasteiger partial charge in [-0.25, -0.2) is 4.98 Å². The predicted octanol–water partition coefficient (Wildman–Crippen LogP) is 1.16. The number of carbonyl (C=O) groups excluding carboxylic acids is 1. The average molecular weight is 215 g/mol. The van der Waals surface area contributed by atoms with Crippen LogP contribution >= 0.6 is 11.6 Å². The normalized spacial score (nSPS) is 9.86. The topological polar surface area (TPSA) is 65.2 Å². The van der Waals surface area contributed by atoms with Crippen LogP contribution in [0.4, 0.5) is 0 Å². The first-order chi connectivity index (χ1) is 6.63. The summed E-state index contributed by atoms with van der Waals surface area (Å²) in [6.45, 7) is 0. The van der Waals surface area contributed by atoms with Crippen LogP contribution in [0.2, 0.25) is 5.02 Å². The summed E-state index contributed by atoms with van der Waals surface area (Å²) < 4.78 is 4.89. The highest BCUT2D eigenvalue weighted by atomic mass is 35.5. The van der Waals surface area contributed by atoms with Crippen LogP contribution in [-0.2, 0) is 11.2 Å². The minimum Gasteiger partial charge on any atom is -0.480 e. The monoisotopic (exact) mass is 214 g/mol. The van der Waals surface area contributed by atoms with E-state index in [0.29, 0.717) is 23.7 Å². The van der Waals surface area contributed by atoms with Gasteiger partial charge in [-0.1, -0.05) is 11.6 Å². The van der Waals surface area contributed by atoms with Gasteiger partial charge in [0.1, 0.15) is 5.02 Å². The van der Waals surface area contributed by atoms with E-state index in [0.717, 1.165) is 5.56 Å². The summed E-state index contributed by atoms with van der Waals surface area (Å²) in [5.74, 6) is 0.0476. The molecule has 0 unspecified atom stereocenters. The number of hydrogen-bond acceptors (Lipinski definition) is 3. The number of methoxy groups -OCH3 is 1. The Labute approximate surface area is 87.0 Å². The van der Waals surface area contributed by atoms with E-state index in [9.17, 15) is 4.79 Å². The lowest BCUT2D eigenvalue weighted by molar-refractivity contribution is -0.117. The molecule has 0 saturated carbocycles. The van der Waals surface area contributed by atoms with E-state index in [4.69, 9.17) is 22.1 Å². The fourth-order valence-electron chi connectivity index (χ4n) is 1.02. The number of carbonyl (C=O) groups is 1. The fourth-order valence-corrected chi connectivity index (χ4v) is 1.29. The number of pyridine rings is 1. The van der Waals surface area contributed by atoms with E-state index in [1.54, 1.807) is 12.3 Å². The molecule has 2 N–H and O–H groups in total. The van der Waals surface area contributed by atoms with E-state index in [1.165, 1.54) is 7.11 Å². The van der Waals surface area contributed by atoms with Crippen molar-refractivity contribution in [3.05, 3.63) is 22.8 Å². The maximum atomic E-state index is 10.5. The fraction of sp³-hybridized carbons (Fsp3) is 0.333. The predicted molar refractivity (Wildman–Crippen MR) is 53.3 cm³/mol. The van der Waals surface area contributed by atoms with Gasteiger partial charge in [0.05, 0.1) is 7.11 Å². The number of nitrogens with two attached hydrogens (primary N) is 1. The minimum atomic E-state index is -0.336. The van der Waals surface area contributed by atoms with E-state index >= 15 is 0 Å². The Morgan fingerprint density at radius 1 is 1.71 bits per heavy atom. The van der Waals surface area contributed by atoms with Crippen LogP contribution in [0.1, 0.15) is 12.0 Å². The van der Waals surface area contributed by atoms with E-state index < -0.39 is 0 Å². The molecular weight excluding hydrogens is 204 g/mol. The lowest BCUT2D eigenvalue weighted by atomic mass is 10.1. The Balaban J connectivity index is 2.71. The molecule has 0 aliphatic heterocycles. The van der Waals surface area contributed by atoms with Crippen LogP contribution < -0.4 is 10.5 Å². The Hall–Kier alpha value is -1.29. The van der Waals surface area contributed by atoms with Gasteiger partial charge in [0.15, 0.2) is 0 Å². The molecule has 0 bridgehead atoms. The third kappa shape index (κ3) is 2.88. The van der Waals surface area contributed by atoms with Crippen molar-refractivity contribution < 1.29 is 9.53 Å². The van der Waals surface area contributed by atoms with Gasteiger partial charge in [0, 0.05) is 12.6 Å². The smallest absolute Gasteiger partial charge is 0.232 e. The van der Waals surface area contributed by atoms with Crippen molar-refractivity contribution in [1.82, 2.24) is 4.98 Å². The highest BCUT2D eigenvalue weighted by Gasteiger charge is 2.04. The molecule has 0 aliphatic carbocycles. The zero-order chi connectivity index (χ0) is 10.6. The summed E-state index contributed by atoms with van der Waals surface area (Å²) in [6.07, 6.45) is 2.46. The number of hydrogen-bond donors (Lipinski definition) is 1. The van der Waals surface area contributed by atoms with Crippen LogP contribution in [0.3, 0.4) is 0 Å². The quantitative estimate of drug-likeness (QED) is 0.818. The summed E-state index contributed by atoms with van der Waals surface area (Å²) in [7, 11) is 1.50. The lowest BCUT2D eigenvalue weighted by Crippen LogP contribution is -2.11. The van der Waals surface area contributed by atoms with E-state index in [2.05, 4.69) is 4.98 Å². The Bertz CT molecular complexity index is 342. The minimum absolute atomic E-state index is 0.296. The van der Waals surface area contributed by atoms with Crippen molar-refractivity contribution in [2.75, 3.05) is 7.11 Å². The third-order valence-electron chi connectivity index (χ3n) is 1.72. The number of aromatic nitrogens is 1. The van der Waals surface area contributed by atoms with Crippen molar-refractivity contribution in [2.45, 2.75) is 12.8 Å². The number of amides is 1. The molecule has 76 valence electrons. The van der Waals surface area contributed by atoms with Crippen molar-refractivity contribution in [3.63, 3.8) is 0 Å². The average Bonchev–Trinajstić information content (AvgIpc) is 2.15. The highest BCUT2D eigenvalue weighted by molar-refractivity contribution is 6.31. The van der Waals surface area contributed by atoms with Crippen molar-refractivity contribution in [1.29, 1.82) is 0 Å². The molecule has 0 aromatic carbocycles. The lowest BCUT2D eigenvalue weighted by Gasteiger charge is -2.03. The molecule has 0 saturated heterocycles. The van der Waals surface area contributed by atoms with E-state index in [-0.39, 0.29) is 5.91 Å². The molecule has 0 atom stereocenters. The molecule has 14 heavy (non-hydrogen) atoms. The largest absolute Gasteiger partial charge is 0.480 e. The zero-order valence-electron chi connectivity index (χ0n) is 7.79. The second-order valence-corrected chi connectivity index (χ2v) is 3.21. The van der Waals surface area contributed by atoms with Crippen molar-refractivity contribution >= 4 is 17.5 Å². The first-order valence-corrected chi connectivity index (χ1v) is 4.48. The standard InChI is InChI=1S/C9H11ClN2O2/c1-14-9-7(10)4-6(5-12-9)2-3-8(11)13/h4-5H,2-3H2,1H3,(H2,11,13). The molecule has 1 heterocycles. The highest BCUT2D eigenvalue weighted by Crippen LogP contribution is 2.22. The summed E-state index contributed by atoms with van der Waals surface area (Å²) in [4.78, 5) is 14.5. The first-order valence-electron chi connectivity index (χ1n) is 4.10. The SMILES string of the molecule is COc1ncc(CCC(N)=O)cc1Cl. The molecule has 0 radical (unpaired) electrons. The molecule has 1 aromatic rings. The van der Waals surface area contributed by atoms with Crippen molar-refractivity contribution in [3.8, 4) is 5.88 Å². The van der Waals surface area contributed by atoms with Gasteiger partial charge in [-0.15, -0.1) is 0 Å². The van der Waals surface area contributed by atoms with Gasteiger partial charge in [-0.05, 0) is 18.1 Å². The number of primary amides is 1. The molecule has 1 amide bonds. The van der Waals surface area contributed by atoms with Gasteiger partial charge in [0.25, 0.3) is 0 Å². The zero-order valence-corrected chi connectivity index (χ0v) is 8.54. The summed E-state index contributed by atoms with van der Waals surface area (Å²) in [6, 6.07) is 1.72. The Kier molecular flexibility index (Phi) is 3.71. The number of aryl methyl sites for hydroxylation is 1. The van der Waals surface area contributed by atoms with Crippen LogP contribution in [0.5, 0.6) is 5.88 Å². The van der Waals surface area contributed by atoms with Crippen molar-refractivity contribution in [2.24, 2.45) is 5.73 Å². The second-order valence-electron chi connectivity index (χ2n) is 2.80. The molecular formula is C9H11ClN2O2. The molecule has 4 nitrogen and oxygen atoms in total. The molecule has 0 fully saturated rings.